The number of halogens is 1. The summed E-state index contributed by atoms with van der Waals surface area (Å²) in [5.74, 6) is 0.00842. The van der Waals surface area contributed by atoms with Crippen molar-refractivity contribution in [1.29, 1.82) is 0 Å². The molecular formula is C20H26ClN3O2S. The molecule has 2 heterocycles. The standard InChI is InChI=1S/C20H25N3O2S.ClH/c1-15-14-23(11-10-21-15)20(25)16-5-2-6-17(13-16)22-19(24)9-3-7-18-8-4-12-26-18;/h2,4-6,8,12-13,15,21H,3,7,9-11,14H2,1H3,(H,22,24);1H. The number of carbonyl (C=O) groups is 2. The molecule has 1 unspecified atom stereocenters. The molecule has 2 aromatic rings. The Morgan fingerprint density at radius 3 is 2.89 bits per heavy atom. The van der Waals surface area contributed by atoms with Crippen LogP contribution in [0.1, 0.15) is 35.0 Å². The second kappa shape index (κ2) is 10.4. The molecular weight excluding hydrogens is 382 g/mol. The quantitative estimate of drug-likeness (QED) is 0.769. The Morgan fingerprint density at radius 2 is 2.15 bits per heavy atom. The summed E-state index contributed by atoms with van der Waals surface area (Å²) in [4.78, 5) is 28.0. The van der Waals surface area contributed by atoms with Crippen molar-refractivity contribution in [3.8, 4) is 0 Å². The van der Waals surface area contributed by atoms with E-state index in [0.717, 1.165) is 19.4 Å². The maximum Gasteiger partial charge on any atom is 0.254 e. The Kier molecular flexibility index (Phi) is 8.28. The van der Waals surface area contributed by atoms with Crippen molar-refractivity contribution in [3.63, 3.8) is 0 Å². The van der Waals surface area contributed by atoms with Gasteiger partial charge in [0.1, 0.15) is 0 Å². The Balaban J connectivity index is 0.00000261. The Labute approximate surface area is 170 Å². The second-order valence-electron chi connectivity index (χ2n) is 6.67. The molecule has 5 nitrogen and oxygen atoms in total. The monoisotopic (exact) mass is 407 g/mol. The first-order chi connectivity index (χ1) is 12.6. The molecule has 27 heavy (non-hydrogen) atoms. The largest absolute Gasteiger partial charge is 0.336 e. The smallest absolute Gasteiger partial charge is 0.254 e. The van der Waals surface area contributed by atoms with Crippen LogP contribution in [0.4, 0.5) is 5.69 Å². The molecule has 3 rings (SSSR count). The summed E-state index contributed by atoms with van der Waals surface area (Å²) in [6.45, 7) is 4.31. The van der Waals surface area contributed by atoms with Gasteiger partial charge in [-0.15, -0.1) is 23.7 Å². The number of anilines is 1. The third-order valence-corrected chi connectivity index (χ3v) is 5.39. The van der Waals surface area contributed by atoms with E-state index in [-0.39, 0.29) is 24.2 Å². The van der Waals surface area contributed by atoms with E-state index >= 15 is 0 Å². The average molecular weight is 408 g/mol. The Morgan fingerprint density at radius 1 is 1.30 bits per heavy atom. The number of hydrogen-bond acceptors (Lipinski definition) is 4. The van der Waals surface area contributed by atoms with Gasteiger partial charge in [0.15, 0.2) is 0 Å². The van der Waals surface area contributed by atoms with Crippen LogP contribution in [0.2, 0.25) is 0 Å². The number of amides is 2. The molecule has 0 bridgehead atoms. The summed E-state index contributed by atoms with van der Waals surface area (Å²) < 4.78 is 0. The fourth-order valence-corrected chi connectivity index (χ4v) is 3.88. The lowest BCUT2D eigenvalue weighted by molar-refractivity contribution is -0.116. The van der Waals surface area contributed by atoms with Crippen molar-refractivity contribution in [2.24, 2.45) is 0 Å². The van der Waals surface area contributed by atoms with Gasteiger partial charge in [-0.3, -0.25) is 9.59 Å². The molecule has 1 aromatic carbocycles. The zero-order valence-corrected chi connectivity index (χ0v) is 17.1. The van der Waals surface area contributed by atoms with Gasteiger partial charge in [0, 0.05) is 48.2 Å². The van der Waals surface area contributed by atoms with Crippen molar-refractivity contribution < 1.29 is 9.59 Å². The van der Waals surface area contributed by atoms with Crippen molar-refractivity contribution in [3.05, 3.63) is 52.2 Å². The van der Waals surface area contributed by atoms with E-state index in [1.54, 1.807) is 17.4 Å². The zero-order chi connectivity index (χ0) is 18.4. The number of thiophene rings is 1. The summed E-state index contributed by atoms with van der Waals surface area (Å²) in [5.41, 5.74) is 1.30. The molecule has 0 saturated carbocycles. The number of nitrogens with one attached hydrogen (secondary N) is 2. The SMILES string of the molecule is CC1CN(C(=O)c2cccc(NC(=O)CCCc3cccs3)c2)CCN1.Cl. The molecule has 1 aliphatic rings. The number of carbonyl (C=O) groups excluding carboxylic acids is 2. The summed E-state index contributed by atoms with van der Waals surface area (Å²) in [6, 6.07) is 11.7. The van der Waals surface area contributed by atoms with E-state index < -0.39 is 0 Å². The van der Waals surface area contributed by atoms with E-state index in [9.17, 15) is 9.59 Å². The van der Waals surface area contributed by atoms with Gasteiger partial charge < -0.3 is 15.5 Å². The predicted octanol–water partition coefficient (Wildman–Crippen LogP) is 3.57. The molecule has 1 saturated heterocycles. The molecule has 1 aliphatic heterocycles. The number of piperazine rings is 1. The summed E-state index contributed by atoms with van der Waals surface area (Å²) in [5, 5.41) is 8.30. The van der Waals surface area contributed by atoms with Crippen molar-refractivity contribution in [2.75, 3.05) is 25.0 Å². The minimum Gasteiger partial charge on any atom is -0.336 e. The first kappa shape index (κ1) is 21.4. The van der Waals surface area contributed by atoms with Crippen molar-refractivity contribution >= 4 is 41.2 Å². The highest BCUT2D eigenvalue weighted by molar-refractivity contribution is 7.09. The highest BCUT2D eigenvalue weighted by Crippen LogP contribution is 2.16. The molecule has 1 aromatic heterocycles. The van der Waals surface area contributed by atoms with Crippen LogP contribution in [-0.2, 0) is 11.2 Å². The van der Waals surface area contributed by atoms with E-state index in [1.165, 1.54) is 4.88 Å². The lowest BCUT2D eigenvalue weighted by Crippen LogP contribution is -2.51. The summed E-state index contributed by atoms with van der Waals surface area (Å²) in [7, 11) is 0. The summed E-state index contributed by atoms with van der Waals surface area (Å²) >= 11 is 1.72. The molecule has 1 fully saturated rings. The number of rotatable bonds is 6. The van der Waals surface area contributed by atoms with Crippen LogP contribution in [0.5, 0.6) is 0 Å². The third kappa shape index (κ3) is 6.34. The fourth-order valence-electron chi connectivity index (χ4n) is 3.13. The summed E-state index contributed by atoms with van der Waals surface area (Å²) in [6.07, 6.45) is 2.22. The van der Waals surface area contributed by atoms with Gasteiger partial charge in [0.05, 0.1) is 0 Å². The molecule has 146 valence electrons. The first-order valence-electron chi connectivity index (χ1n) is 9.07. The van der Waals surface area contributed by atoms with Crippen molar-refractivity contribution in [1.82, 2.24) is 10.2 Å². The molecule has 0 aliphatic carbocycles. The van der Waals surface area contributed by atoms with Crippen LogP contribution in [-0.4, -0.2) is 42.4 Å². The van der Waals surface area contributed by atoms with Crippen LogP contribution < -0.4 is 10.6 Å². The topological polar surface area (TPSA) is 61.4 Å². The Bertz CT molecular complexity index is 751. The highest BCUT2D eigenvalue weighted by atomic mass is 35.5. The number of hydrogen-bond donors (Lipinski definition) is 2. The lowest BCUT2D eigenvalue weighted by atomic mass is 10.1. The molecule has 0 spiro atoms. The van der Waals surface area contributed by atoms with Crippen LogP contribution in [0.15, 0.2) is 41.8 Å². The number of benzene rings is 1. The Hall–Kier alpha value is -1.89. The first-order valence-corrected chi connectivity index (χ1v) is 9.95. The highest BCUT2D eigenvalue weighted by Gasteiger charge is 2.21. The molecule has 7 heteroatoms. The van der Waals surface area contributed by atoms with Crippen LogP contribution in [0, 0.1) is 0 Å². The molecule has 1 atom stereocenters. The maximum atomic E-state index is 12.7. The number of aryl methyl sites for hydroxylation is 1. The van der Waals surface area contributed by atoms with E-state index in [1.807, 2.05) is 29.2 Å². The van der Waals surface area contributed by atoms with Crippen LogP contribution >= 0.6 is 23.7 Å². The van der Waals surface area contributed by atoms with Gasteiger partial charge in [-0.1, -0.05) is 12.1 Å². The zero-order valence-electron chi connectivity index (χ0n) is 15.4. The van der Waals surface area contributed by atoms with Gasteiger partial charge in [0.2, 0.25) is 5.91 Å². The minimum atomic E-state index is -0.0121. The predicted molar refractivity (Wildman–Crippen MR) is 113 cm³/mol. The van der Waals surface area contributed by atoms with Gasteiger partial charge in [0.25, 0.3) is 5.91 Å². The van der Waals surface area contributed by atoms with E-state index in [4.69, 9.17) is 0 Å². The lowest BCUT2D eigenvalue weighted by Gasteiger charge is -2.32. The molecule has 2 amide bonds. The van der Waals surface area contributed by atoms with Crippen LogP contribution in [0.25, 0.3) is 0 Å². The normalized spacial score (nSPS) is 16.5. The average Bonchev–Trinajstić information content (AvgIpc) is 3.15. The van der Waals surface area contributed by atoms with Gasteiger partial charge in [-0.05, 0) is 49.4 Å². The van der Waals surface area contributed by atoms with E-state index in [0.29, 0.717) is 36.8 Å². The van der Waals surface area contributed by atoms with Gasteiger partial charge in [-0.2, -0.15) is 0 Å². The van der Waals surface area contributed by atoms with Crippen molar-refractivity contribution in [2.45, 2.75) is 32.2 Å². The van der Waals surface area contributed by atoms with Gasteiger partial charge in [-0.25, -0.2) is 0 Å². The molecule has 2 N–H and O–H groups in total. The maximum absolute atomic E-state index is 12.7. The van der Waals surface area contributed by atoms with Crippen LogP contribution in [0.3, 0.4) is 0 Å². The van der Waals surface area contributed by atoms with E-state index in [2.05, 4.69) is 29.0 Å². The third-order valence-electron chi connectivity index (χ3n) is 4.46. The van der Waals surface area contributed by atoms with Gasteiger partial charge >= 0.3 is 0 Å². The number of nitrogens with zero attached hydrogens (tertiary/aromatic N) is 1. The molecule has 0 radical (unpaired) electrons. The second-order valence-corrected chi connectivity index (χ2v) is 7.70. The minimum absolute atomic E-state index is 0. The fraction of sp³-hybridized carbons (Fsp3) is 0.400.